The molecule has 1 heterocycles. The topological polar surface area (TPSA) is 63.8 Å². The van der Waals surface area contributed by atoms with Crippen molar-refractivity contribution in [3.63, 3.8) is 0 Å². The zero-order chi connectivity index (χ0) is 10.7. The molecule has 0 aromatic carbocycles. The summed E-state index contributed by atoms with van der Waals surface area (Å²) in [6.45, 7) is 0. The molecule has 1 saturated carbocycles. The molecule has 0 unspecified atom stereocenters. The van der Waals surface area contributed by atoms with E-state index < -0.39 is 0 Å². The Morgan fingerprint density at radius 3 is 2.73 bits per heavy atom. The van der Waals surface area contributed by atoms with Gasteiger partial charge in [0.1, 0.15) is 5.82 Å². The number of hydrogen-bond acceptors (Lipinski definition) is 4. The predicted molar refractivity (Wildman–Crippen MR) is 60.9 cm³/mol. The molecule has 82 valence electrons. The average Bonchev–Trinajstić information content (AvgIpc) is 2.25. The van der Waals surface area contributed by atoms with Crippen molar-refractivity contribution in [3.05, 3.63) is 17.3 Å². The molecule has 2 atom stereocenters. The van der Waals surface area contributed by atoms with Crippen molar-refractivity contribution in [1.82, 2.24) is 10.2 Å². The van der Waals surface area contributed by atoms with Gasteiger partial charge >= 0.3 is 0 Å². The highest BCUT2D eigenvalue weighted by atomic mass is 35.5. The maximum atomic E-state index is 6.02. The van der Waals surface area contributed by atoms with Crippen LogP contribution in [0.2, 0.25) is 5.15 Å². The van der Waals surface area contributed by atoms with E-state index in [1.165, 1.54) is 12.8 Å². The highest BCUT2D eigenvalue weighted by molar-refractivity contribution is 6.29. The van der Waals surface area contributed by atoms with Gasteiger partial charge in [-0.1, -0.05) is 24.4 Å². The lowest BCUT2D eigenvalue weighted by molar-refractivity contribution is 0.403. The number of halogens is 1. The minimum absolute atomic E-state index is 0.219. The van der Waals surface area contributed by atoms with Crippen LogP contribution in [0.15, 0.2) is 12.1 Å². The van der Waals surface area contributed by atoms with E-state index in [0.29, 0.717) is 11.2 Å². The van der Waals surface area contributed by atoms with Crippen LogP contribution < -0.4 is 11.1 Å². The SMILES string of the molecule is N[C@@H]1CCCC[C@H]1Nc1ccc(Cl)nn1. The van der Waals surface area contributed by atoms with Crippen molar-refractivity contribution in [2.75, 3.05) is 5.32 Å². The van der Waals surface area contributed by atoms with Crippen LogP contribution in [0.25, 0.3) is 0 Å². The first kappa shape index (κ1) is 10.6. The van der Waals surface area contributed by atoms with Crippen LogP contribution in [-0.4, -0.2) is 22.3 Å². The molecule has 0 saturated heterocycles. The summed E-state index contributed by atoms with van der Waals surface area (Å²) >= 11 is 5.66. The van der Waals surface area contributed by atoms with Gasteiger partial charge in [-0.3, -0.25) is 0 Å². The number of hydrogen-bond donors (Lipinski definition) is 2. The van der Waals surface area contributed by atoms with Gasteiger partial charge in [-0.25, -0.2) is 0 Å². The summed E-state index contributed by atoms with van der Waals surface area (Å²) in [5.74, 6) is 0.752. The molecule has 1 aliphatic carbocycles. The summed E-state index contributed by atoms with van der Waals surface area (Å²) in [5, 5.41) is 11.5. The zero-order valence-corrected chi connectivity index (χ0v) is 9.24. The monoisotopic (exact) mass is 226 g/mol. The van der Waals surface area contributed by atoms with E-state index >= 15 is 0 Å². The molecule has 1 aliphatic rings. The quantitative estimate of drug-likeness (QED) is 0.808. The maximum absolute atomic E-state index is 6.02. The molecule has 1 aromatic heterocycles. The molecule has 1 fully saturated rings. The fraction of sp³-hybridized carbons (Fsp3) is 0.600. The van der Waals surface area contributed by atoms with E-state index in [9.17, 15) is 0 Å². The first-order valence-electron chi connectivity index (χ1n) is 5.27. The van der Waals surface area contributed by atoms with Gasteiger partial charge in [0, 0.05) is 12.1 Å². The smallest absolute Gasteiger partial charge is 0.151 e. The third-order valence-corrected chi connectivity index (χ3v) is 2.99. The molecule has 1 aromatic rings. The van der Waals surface area contributed by atoms with E-state index in [2.05, 4.69) is 15.5 Å². The first-order chi connectivity index (χ1) is 7.25. The van der Waals surface area contributed by atoms with Crippen LogP contribution in [0.5, 0.6) is 0 Å². The lowest BCUT2D eigenvalue weighted by atomic mass is 9.91. The summed E-state index contributed by atoms with van der Waals surface area (Å²) in [7, 11) is 0. The first-order valence-corrected chi connectivity index (χ1v) is 5.65. The summed E-state index contributed by atoms with van der Waals surface area (Å²) < 4.78 is 0. The Kier molecular flexibility index (Phi) is 3.38. The zero-order valence-electron chi connectivity index (χ0n) is 8.49. The van der Waals surface area contributed by atoms with E-state index in [1.54, 1.807) is 6.07 Å². The number of aromatic nitrogens is 2. The van der Waals surface area contributed by atoms with Crippen LogP contribution in [0.3, 0.4) is 0 Å². The molecule has 2 rings (SSSR count). The second-order valence-corrected chi connectivity index (χ2v) is 4.33. The fourth-order valence-corrected chi connectivity index (χ4v) is 2.02. The Bertz CT molecular complexity index is 314. The summed E-state index contributed by atoms with van der Waals surface area (Å²) in [4.78, 5) is 0. The van der Waals surface area contributed by atoms with Crippen molar-refractivity contribution < 1.29 is 0 Å². The highest BCUT2D eigenvalue weighted by Gasteiger charge is 2.21. The van der Waals surface area contributed by atoms with Crippen molar-refractivity contribution in [2.45, 2.75) is 37.8 Å². The number of rotatable bonds is 2. The van der Waals surface area contributed by atoms with Crippen molar-refractivity contribution in [2.24, 2.45) is 5.73 Å². The molecule has 0 amide bonds. The Balaban J connectivity index is 1.98. The second kappa shape index (κ2) is 4.77. The average molecular weight is 227 g/mol. The second-order valence-electron chi connectivity index (χ2n) is 3.94. The number of nitrogens with one attached hydrogen (secondary N) is 1. The Morgan fingerprint density at radius 2 is 2.07 bits per heavy atom. The largest absolute Gasteiger partial charge is 0.364 e. The lowest BCUT2D eigenvalue weighted by Crippen LogP contribution is -2.42. The van der Waals surface area contributed by atoms with Crippen molar-refractivity contribution in [1.29, 1.82) is 0 Å². The molecule has 15 heavy (non-hydrogen) atoms. The van der Waals surface area contributed by atoms with Crippen LogP contribution >= 0.6 is 11.6 Å². The summed E-state index contributed by atoms with van der Waals surface area (Å²) in [6, 6.07) is 4.09. The minimum atomic E-state index is 0.219. The van der Waals surface area contributed by atoms with E-state index in [-0.39, 0.29) is 6.04 Å². The lowest BCUT2D eigenvalue weighted by Gasteiger charge is -2.29. The third-order valence-electron chi connectivity index (χ3n) is 2.78. The van der Waals surface area contributed by atoms with Gasteiger partial charge in [-0.2, -0.15) is 0 Å². The maximum Gasteiger partial charge on any atom is 0.151 e. The number of nitrogens with two attached hydrogens (primary N) is 1. The van der Waals surface area contributed by atoms with E-state index in [4.69, 9.17) is 17.3 Å². The standard InChI is InChI=1S/C10H15ClN4/c11-9-5-6-10(15-14-9)13-8-4-2-1-3-7(8)12/h5-8H,1-4,12H2,(H,13,15)/t7-,8-/m1/s1. The van der Waals surface area contributed by atoms with Crippen molar-refractivity contribution in [3.8, 4) is 0 Å². The molecule has 4 nitrogen and oxygen atoms in total. The minimum Gasteiger partial charge on any atom is -0.364 e. The van der Waals surface area contributed by atoms with Crippen LogP contribution in [0.1, 0.15) is 25.7 Å². The molecule has 0 radical (unpaired) electrons. The van der Waals surface area contributed by atoms with E-state index in [0.717, 1.165) is 18.7 Å². The van der Waals surface area contributed by atoms with Crippen LogP contribution in [0.4, 0.5) is 5.82 Å². The van der Waals surface area contributed by atoms with Gasteiger partial charge in [-0.05, 0) is 25.0 Å². The molecular weight excluding hydrogens is 212 g/mol. The fourth-order valence-electron chi connectivity index (χ4n) is 1.92. The highest BCUT2D eigenvalue weighted by Crippen LogP contribution is 2.20. The van der Waals surface area contributed by atoms with Crippen LogP contribution in [0, 0.1) is 0 Å². The van der Waals surface area contributed by atoms with Gasteiger partial charge in [0.2, 0.25) is 0 Å². The van der Waals surface area contributed by atoms with Gasteiger partial charge in [0.15, 0.2) is 5.15 Å². The molecule has 5 heteroatoms. The predicted octanol–water partition coefficient (Wildman–Crippen LogP) is 1.81. The molecule has 0 spiro atoms. The van der Waals surface area contributed by atoms with Gasteiger partial charge in [0.05, 0.1) is 0 Å². The number of nitrogens with zero attached hydrogens (tertiary/aromatic N) is 2. The van der Waals surface area contributed by atoms with E-state index in [1.807, 2.05) is 6.07 Å². The molecule has 0 aliphatic heterocycles. The summed E-state index contributed by atoms with van der Waals surface area (Å²) in [5.41, 5.74) is 6.02. The van der Waals surface area contributed by atoms with Crippen LogP contribution in [-0.2, 0) is 0 Å². The Morgan fingerprint density at radius 1 is 1.27 bits per heavy atom. The molecular formula is C10H15ClN4. The molecule has 3 N–H and O–H groups in total. The van der Waals surface area contributed by atoms with Gasteiger partial charge < -0.3 is 11.1 Å². The van der Waals surface area contributed by atoms with Gasteiger partial charge in [-0.15, -0.1) is 10.2 Å². The van der Waals surface area contributed by atoms with Crippen molar-refractivity contribution >= 4 is 17.4 Å². The normalized spacial score (nSPS) is 26.3. The Hall–Kier alpha value is -0.870. The molecule has 0 bridgehead atoms. The Labute approximate surface area is 94.2 Å². The summed E-state index contributed by atoms with van der Waals surface area (Å²) in [6.07, 6.45) is 4.64. The number of anilines is 1. The third kappa shape index (κ3) is 2.79. The van der Waals surface area contributed by atoms with Gasteiger partial charge in [0.25, 0.3) is 0 Å².